The molecular weight excluding hydrogens is 430 g/mol. The molecule has 1 atom stereocenters. The van der Waals surface area contributed by atoms with Crippen LogP contribution in [0.1, 0.15) is 35.8 Å². The van der Waals surface area contributed by atoms with Crippen molar-refractivity contribution in [1.29, 1.82) is 0 Å². The van der Waals surface area contributed by atoms with E-state index in [2.05, 4.69) is 69.7 Å². The molecule has 2 fully saturated rings. The molecule has 0 bridgehead atoms. The molecular formula is C26H33N5OS. The van der Waals surface area contributed by atoms with Gasteiger partial charge in [0.1, 0.15) is 17.0 Å². The van der Waals surface area contributed by atoms with Crippen molar-refractivity contribution in [3.63, 3.8) is 0 Å². The number of hydrogen-bond acceptors (Lipinski definition) is 6. The Labute approximate surface area is 200 Å². The molecule has 1 amide bonds. The zero-order valence-corrected chi connectivity index (χ0v) is 20.7. The van der Waals surface area contributed by atoms with Gasteiger partial charge in [-0.05, 0) is 50.8 Å². The Hall–Kier alpha value is -2.67. The van der Waals surface area contributed by atoms with Gasteiger partial charge in [0.2, 0.25) is 5.91 Å². The molecule has 0 spiro atoms. The summed E-state index contributed by atoms with van der Waals surface area (Å²) in [6.07, 6.45) is 4.67. The van der Waals surface area contributed by atoms with Crippen LogP contribution >= 0.6 is 11.3 Å². The highest BCUT2D eigenvalue weighted by Gasteiger charge is 2.32. The highest BCUT2D eigenvalue weighted by atomic mass is 32.1. The second kappa shape index (κ2) is 9.29. The fourth-order valence-electron chi connectivity index (χ4n) is 5.28. The molecule has 0 saturated carbocycles. The Bertz CT molecular complexity index is 1150. The predicted octanol–water partition coefficient (Wildman–Crippen LogP) is 4.44. The zero-order chi connectivity index (χ0) is 22.9. The molecule has 2 aromatic heterocycles. The molecule has 7 heteroatoms. The lowest BCUT2D eigenvalue weighted by Crippen LogP contribution is -2.52. The van der Waals surface area contributed by atoms with Gasteiger partial charge in [0.05, 0.1) is 11.3 Å². The van der Waals surface area contributed by atoms with E-state index in [1.54, 1.807) is 17.7 Å². The number of hydrogen-bond donors (Lipinski definition) is 0. The lowest BCUT2D eigenvalue weighted by Gasteiger charge is -2.40. The van der Waals surface area contributed by atoms with Gasteiger partial charge in [-0.2, -0.15) is 0 Å². The second-order valence-corrected chi connectivity index (χ2v) is 10.5. The van der Waals surface area contributed by atoms with Gasteiger partial charge in [0, 0.05) is 49.8 Å². The van der Waals surface area contributed by atoms with Crippen LogP contribution in [-0.4, -0.2) is 60.0 Å². The number of anilines is 2. The van der Waals surface area contributed by atoms with Gasteiger partial charge in [0.15, 0.2) is 0 Å². The van der Waals surface area contributed by atoms with Gasteiger partial charge in [-0.1, -0.05) is 24.6 Å². The minimum Gasteiger partial charge on any atom is -0.368 e. The number of fused-ring (bicyclic) bond motifs is 1. The summed E-state index contributed by atoms with van der Waals surface area (Å²) in [7, 11) is 0. The molecule has 4 heterocycles. The molecule has 2 aliphatic rings. The average Bonchev–Trinajstić information content (AvgIpc) is 3.27. The summed E-state index contributed by atoms with van der Waals surface area (Å²) in [4.78, 5) is 31.8. The van der Waals surface area contributed by atoms with Crippen LogP contribution in [0.2, 0.25) is 0 Å². The summed E-state index contributed by atoms with van der Waals surface area (Å²) in [6, 6.07) is 8.87. The van der Waals surface area contributed by atoms with Crippen LogP contribution in [0.4, 0.5) is 11.5 Å². The third kappa shape index (κ3) is 4.43. The maximum absolute atomic E-state index is 13.4. The zero-order valence-electron chi connectivity index (χ0n) is 19.9. The summed E-state index contributed by atoms with van der Waals surface area (Å²) in [5.41, 5.74) is 3.90. The molecule has 0 unspecified atom stereocenters. The first-order chi connectivity index (χ1) is 16.0. The Morgan fingerprint density at radius 2 is 1.88 bits per heavy atom. The van der Waals surface area contributed by atoms with E-state index in [4.69, 9.17) is 0 Å². The highest BCUT2D eigenvalue weighted by molar-refractivity contribution is 7.18. The van der Waals surface area contributed by atoms with Crippen molar-refractivity contribution in [3.05, 3.63) is 46.6 Å². The van der Waals surface area contributed by atoms with Crippen LogP contribution in [0.5, 0.6) is 0 Å². The van der Waals surface area contributed by atoms with Crippen LogP contribution in [0.3, 0.4) is 0 Å². The summed E-state index contributed by atoms with van der Waals surface area (Å²) in [5.74, 6) is 1.35. The minimum absolute atomic E-state index is 0.0423. The normalized spacial score (nSPS) is 19.4. The second-order valence-electron chi connectivity index (χ2n) is 9.37. The Balaban J connectivity index is 1.25. The van der Waals surface area contributed by atoms with E-state index in [0.717, 1.165) is 74.6 Å². The third-order valence-electron chi connectivity index (χ3n) is 7.06. The van der Waals surface area contributed by atoms with E-state index in [1.165, 1.54) is 21.7 Å². The topological polar surface area (TPSA) is 52.6 Å². The maximum atomic E-state index is 13.4. The van der Waals surface area contributed by atoms with Gasteiger partial charge in [0.25, 0.3) is 0 Å². The fraction of sp³-hybridized carbons (Fsp3) is 0.500. The number of thiophene rings is 1. The average molecular weight is 464 g/mol. The number of aromatic nitrogens is 2. The molecule has 6 nitrogen and oxygen atoms in total. The molecule has 0 radical (unpaired) electrons. The van der Waals surface area contributed by atoms with E-state index in [-0.39, 0.29) is 5.92 Å². The standard InChI is InChI=1S/C26H33N5OS/c1-4-21-15-22-24(27-17-28-25(22)33-21)31-9-5-6-20(16-31)26(32)30-12-10-29(11-13-30)23-8-7-18(2)14-19(23)3/h7-8,14-15,17,20H,4-6,9-13,16H2,1-3H3/t20-/m1/s1. The smallest absolute Gasteiger partial charge is 0.227 e. The van der Waals surface area contributed by atoms with Crippen LogP contribution in [-0.2, 0) is 11.2 Å². The minimum atomic E-state index is 0.0423. The number of benzene rings is 1. The van der Waals surface area contributed by atoms with Crippen LogP contribution < -0.4 is 9.80 Å². The van der Waals surface area contributed by atoms with E-state index in [9.17, 15) is 4.79 Å². The summed E-state index contributed by atoms with van der Waals surface area (Å²) < 4.78 is 0. The number of aryl methyl sites for hydroxylation is 3. The molecule has 5 rings (SSSR count). The lowest BCUT2D eigenvalue weighted by atomic mass is 9.96. The van der Waals surface area contributed by atoms with Gasteiger partial charge in [-0.25, -0.2) is 9.97 Å². The first-order valence-corrected chi connectivity index (χ1v) is 12.9. The summed E-state index contributed by atoms with van der Waals surface area (Å²) in [6.45, 7) is 11.6. The molecule has 0 N–H and O–H groups in total. The predicted molar refractivity (Wildman–Crippen MR) is 136 cm³/mol. The number of amides is 1. The van der Waals surface area contributed by atoms with Crippen molar-refractivity contribution in [3.8, 4) is 0 Å². The maximum Gasteiger partial charge on any atom is 0.227 e. The Kier molecular flexibility index (Phi) is 6.23. The number of piperidine rings is 1. The van der Waals surface area contributed by atoms with Crippen molar-refractivity contribution < 1.29 is 4.79 Å². The summed E-state index contributed by atoms with van der Waals surface area (Å²) >= 11 is 1.75. The summed E-state index contributed by atoms with van der Waals surface area (Å²) in [5, 5.41) is 1.13. The van der Waals surface area contributed by atoms with E-state index < -0.39 is 0 Å². The number of carbonyl (C=O) groups excluding carboxylic acids is 1. The monoisotopic (exact) mass is 463 g/mol. The number of nitrogens with zero attached hydrogens (tertiary/aromatic N) is 5. The molecule has 2 aliphatic heterocycles. The third-order valence-corrected chi connectivity index (χ3v) is 8.25. The van der Waals surface area contributed by atoms with E-state index >= 15 is 0 Å². The number of rotatable bonds is 4. The quantitative estimate of drug-likeness (QED) is 0.573. The Morgan fingerprint density at radius 3 is 2.64 bits per heavy atom. The highest BCUT2D eigenvalue weighted by Crippen LogP contribution is 2.33. The van der Waals surface area contributed by atoms with E-state index in [1.807, 2.05) is 0 Å². The number of piperazine rings is 1. The largest absolute Gasteiger partial charge is 0.368 e. The molecule has 3 aromatic rings. The lowest BCUT2D eigenvalue weighted by molar-refractivity contribution is -0.136. The first-order valence-electron chi connectivity index (χ1n) is 12.1. The van der Waals surface area contributed by atoms with Crippen LogP contribution in [0, 0.1) is 19.8 Å². The molecule has 174 valence electrons. The molecule has 2 saturated heterocycles. The van der Waals surface area contributed by atoms with Crippen LogP contribution in [0.15, 0.2) is 30.6 Å². The van der Waals surface area contributed by atoms with Gasteiger partial charge in [-0.15, -0.1) is 11.3 Å². The van der Waals surface area contributed by atoms with Crippen molar-refractivity contribution in [2.45, 2.75) is 40.0 Å². The van der Waals surface area contributed by atoms with E-state index in [0.29, 0.717) is 5.91 Å². The number of carbonyl (C=O) groups is 1. The Morgan fingerprint density at radius 1 is 1.06 bits per heavy atom. The fourth-order valence-corrected chi connectivity index (χ4v) is 6.21. The SMILES string of the molecule is CCc1cc2c(N3CCC[C@@H](C(=O)N4CCN(c5ccc(C)cc5C)CC4)C3)ncnc2s1. The van der Waals surface area contributed by atoms with Crippen molar-refractivity contribution >= 4 is 39.0 Å². The first kappa shape index (κ1) is 22.1. The van der Waals surface area contributed by atoms with Crippen LogP contribution in [0.25, 0.3) is 10.2 Å². The van der Waals surface area contributed by atoms with Crippen molar-refractivity contribution in [2.24, 2.45) is 5.92 Å². The van der Waals surface area contributed by atoms with Crippen molar-refractivity contribution in [1.82, 2.24) is 14.9 Å². The molecule has 1 aromatic carbocycles. The van der Waals surface area contributed by atoms with Gasteiger partial charge in [-0.3, -0.25) is 4.79 Å². The van der Waals surface area contributed by atoms with Gasteiger partial charge >= 0.3 is 0 Å². The molecule has 33 heavy (non-hydrogen) atoms. The van der Waals surface area contributed by atoms with Gasteiger partial charge < -0.3 is 14.7 Å². The van der Waals surface area contributed by atoms with Crippen molar-refractivity contribution in [2.75, 3.05) is 49.1 Å². The molecule has 0 aliphatic carbocycles.